The van der Waals surface area contributed by atoms with Gasteiger partial charge in [-0.05, 0) is 44.4 Å². The zero-order valence-corrected chi connectivity index (χ0v) is 24.4. The van der Waals surface area contributed by atoms with Crippen LogP contribution in [0.5, 0.6) is 0 Å². The summed E-state index contributed by atoms with van der Waals surface area (Å²) in [6.45, 7) is 4.11. The van der Waals surface area contributed by atoms with Gasteiger partial charge in [0.1, 0.15) is 18.1 Å². The quantitative estimate of drug-likeness (QED) is 0.0342. The van der Waals surface area contributed by atoms with Gasteiger partial charge in [-0.3, -0.25) is 29.4 Å². The van der Waals surface area contributed by atoms with Crippen LogP contribution >= 0.6 is 0 Å². The number of nitrogens with one attached hydrogen (secondary N) is 3. The maximum atomic E-state index is 13.4. The summed E-state index contributed by atoms with van der Waals surface area (Å²) in [6, 6.07) is -4.39. The first-order chi connectivity index (χ1) is 19.7. The standard InChI is InChI=1S/C24H49N13O5/c1-3-13(2)17(21(41)42)37-20(40)16(9-6-12-34-24(30)31)36-19(39)15(8-5-11-33-23(28)29)35-18(38)14(25)7-4-10-32-22(26)27/h13-17H,3-12,25H2,1-2H3,(H,35,38)(H,36,39)(H,37,40)(H,41,42)(H4,26,27,32)(H4,28,29,33)(H4,30,31,34). The normalized spacial score (nSPS) is 14.2. The lowest BCUT2D eigenvalue weighted by Gasteiger charge is -2.26. The molecule has 0 radical (unpaired) electrons. The number of aliphatic carboxylic acids is 1. The van der Waals surface area contributed by atoms with Crippen molar-refractivity contribution in [3.05, 3.63) is 0 Å². The highest BCUT2D eigenvalue weighted by Gasteiger charge is 2.31. The van der Waals surface area contributed by atoms with Crippen LogP contribution in [0.25, 0.3) is 0 Å². The van der Waals surface area contributed by atoms with E-state index in [1.807, 2.05) is 0 Å². The number of aliphatic imine (C=N–C) groups is 3. The highest BCUT2D eigenvalue weighted by molar-refractivity contribution is 5.94. The Morgan fingerprint density at radius 3 is 1.43 bits per heavy atom. The molecule has 18 heteroatoms. The molecule has 0 heterocycles. The van der Waals surface area contributed by atoms with Crippen molar-refractivity contribution in [2.45, 2.75) is 83.0 Å². The Morgan fingerprint density at radius 2 is 1.05 bits per heavy atom. The number of hydrogen-bond acceptors (Lipinski definition) is 8. The highest BCUT2D eigenvalue weighted by Crippen LogP contribution is 2.10. The summed E-state index contributed by atoms with van der Waals surface area (Å²) < 4.78 is 0. The van der Waals surface area contributed by atoms with Gasteiger partial charge in [0.05, 0.1) is 6.04 Å². The van der Waals surface area contributed by atoms with Crippen LogP contribution in [0.15, 0.2) is 15.0 Å². The first-order valence-electron chi connectivity index (χ1n) is 13.7. The molecule has 5 atom stereocenters. The monoisotopic (exact) mass is 599 g/mol. The van der Waals surface area contributed by atoms with Crippen molar-refractivity contribution in [3.8, 4) is 0 Å². The molecule has 0 bridgehead atoms. The van der Waals surface area contributed by atoms with Gasteiger partial charge in [0.2, 0.25) is 17.7 Å². The summed E-state index contributed by atoms with van der Waals surface area (Å²) in [5.74, 6) is -3.92. The number of carboxylic acids is 1. The van der Waals surface area contributed by atoms with E-state index in [4.69, 9.17) is 40.1 Å². The van der Waals surface area contributed by atoms with Crippen LogP contribution in [-0.4, -0.2) is 90.5 Å². The summed E-state index contributed by atoms with van der Waals surface area (Å²) in [7, 11) is 0. The van der Waals surface area contributed by atoms with E-state index < -0.39 is 47.9 Å². The van der Waals surface area contributed by atoms with Crippen molar-refractivity contribution in [1.29, 1.82) is 0 Å². The largest absolute Gasteiger partial charge is 0.480 e. The van der Waals surface area contributed by atoms with Crippen LogP contribution in [-0.2, 0) is 19.2 Å². The predicted octanol–water partition coefficient (Wildman–Crippen LogP) is -3.94. The van der Waals surface area contributed by atoms with Crippen molar-refractivity contribution >= 4 is 41.6 Å². The molecule has 0 aliphatic rings. The maximum Gasteiger partial charge on any atom is 0.326 e. The number of rotatable bonds is 21. The summed E-state index contributed by atoms with van der Waals surface area (Å²) in [6.07, 6.45) is 1.96. The smallest absolute Gasteiger partial charge is 0.326 e. The van der Waals surface area contributed by atoms with E-state index in [0.29, 0.717) is 25.7 Å². The van der Waals surface area contributed by atoms with E-state index >= 15 is 0 Å². The minimum Gasteiger partial charge on any atom is -0.480 e. The fourth-order valence-electron chi connectivity index (χ4n) is 3.68. The second-order valence-electron chi connectivity index (χ2n) is 9.79. The van der Waals surface area contributed by atoms with E-state index in [0.717, 1.165) is 0 Å². The van der Waals surface area contributed by atoms with E-state index in [9.17, 15) is 24.3 Å². The number of carbonyl (C=O) groups is 4. The van der Waals surface area contributed by atoms with Crippen LogP contribution < -0.4 is 56.1 Å². The topological polar surface area (TPSA) is 344 Å². The van der Waals surface area contributed by atoms with Crippen LogP contribution in [0.4, 0.5) is 0 Å². The molecule has 0 fully saturated rings. The molecule has 0 aromatic carbocycles. The first-order valence-corrected chi connectivity index (χ1v) is 13.7. The third-order valence-electron chi connectivity index (χ3n) is 6.24. The van der Waals surface area contributed by atoms with Crippen molar-refractivity contribution in [1.82, 2.24) is 16.0 Å². The van der Waals surface area contributed by atoms with Gasteiger partial charge in [0, 0.05) is 19.6 Å². The third kappa shape index (κ3) is 16.7. The first kappa shape index (κ1) is 37.6. The lowest BCUT2D eigenvalue weighted by Crippen LogP contribution is -2.57. The van der Waals surface area contributed by atoms with Crippen molar-refractivity contribution < 1.29 is 24.3 Å². The number of amides is 3. The molecular formula is C24H49N13O5. The molecule has 240 valence electrons. The summed E-state index contributed by atoms with van der Waals surface area (Å²) in [5.41, 5.74) is 38.0. The van der Waals surface area contributed by atoms with Gasteiger partial charge in [-0.2, -0.15) is 0 Å². The van der Waals surface area contributed by atoms with Gasteiger partial charge in [-0.25, -0.2) is 4.79 Å². The van der Waals surface area contributed by atoms with Crippen LogP contribution in [0.3, 0.4) is 0 Å². The molecule has 0 aliphatic carbocycles. The summed E-state index contributed by atoms with van der Waals surface area (Å²) in [5, 5.41) is 17.4. The Hall–Kier alpha value is -4.35. The molecule has 0 saturated carbocycles. The lowest BCUT2D eigenvalue weighted by molar-refractivity contribution is -0.144. The summed E-state index contributed by atoms with van der Waals surface area (Å²) in [4.78, 5) is 62.7. The number of nitrogens with zero attached hydrogens (tertiary/aromatic N) is 3. The maximum absolute atomic E-state index is 13.4. The van der Waals surface area contributed by atoms with Gasteiger partial charge >= 0.3 is 5.97 Å². The van der Waals surface area contributed by atoms with Gasteiger partial charge in [0.25, 0.3) is 0 Å². The van der Waals surface area contributed by atoms with Crippen molar-refractivity contribution in [2.75, 3.05) is 19.6 Å². The minimum atomic E-state index is -1.21. The number of carbonyl (C=O) groups excluding carboxylic acids is 3. The van der Waals surface area contributed by atoms with Gasteiger partial charge in [0.15, 0.2) is 17.9 Å². The Kier molecular flexibility index (Phi) is 18.4. The molecule has 42 heavy (non-hydrogen) atoms. The Morgan fingerprint density at radius 1 is 0.667 bits per heavy atom. The second-order valence-corrected chi connectivity index (χ2v) is 9.79. The average Bonchev–Trinajstić information content (AvgIpc) is 2.91. The predicted molar refractivity (Wildman–Crippen MR) is 161 cm³/mol. The number of nitrogens with two attached hydrogens (primary N) is 7. The molecule has 3 amide bonds. The highest BCUT2D eigenvalue weighted by atomic mass is 16.4. The Balaban J connectivity index is 5.78. The fourth-order valence-corrected chi connectivity index (χ4v) is 3.68. The van der Waals surface area contributed by atoms with E-state index in [-0.39, 0.29) is 62.7 Å². The second kappa shape index (κ2) is 20.5. The molecule has 0 aromatic rings. The molecule has 0 saturated heterocycles. The van der Waals surface area contributed by atoms with E-state index in [1.165, 1.54) is 0 Å². The van der Waals surface area contributed by atoms with E-state index in [2.05, 4.69) is 30.9 Å². The minimum absolute atomic E-state index is 0.0822. The fraction of sp³-hybridized carbons (Fsp3) is 0.708. The SMILES string of the molecule is CCC(C)C(NC(=O)C(CCCN=C(N)N)NC(=O)C(CCCN=C(N)N)NC(=O)C(N)CCCN=C(N)N)C(=O)O. The zero-order chi connectivity index (χ0) is 32.2. The molecule has 0 aliphatic heterocycles. The molecule has 18 N–H and O–H groups in total. The zero-order valence-electron chi connectivity index (χ0n) is 24.4. The number of hydrogen-bond donors (Lipinski definition) is 11. The van der Waals surface area contributed by atoms with Crippen molar-refractivity contribution in [2.24, 2.45) is 61.0 Å². The Labute approximate surface area is 245 Å². The van der Waals surface area contributed by atoms with E-state index in [1.54, 1.807) is 13.8 Å². The lowest BCUT2D eigenvalue weighted by atomic mass is 9.98. The Bertz CT molecular complexity index is 960. The molecule has 18 nitrogen and oxygen atoms in total. The van der Waals surface area contributed by atoms with Gasteiger partial charge < -0.3 is 61.2 Å². The third-order valence-corrected chi connectivity index (χ3v) is 6.24. The summed E-state index contributed by atoms with van der Waals surface area (Å²) >= 11 is 0. The van der Waals surface area contributed by atoms with Gasteiger partial charge in [-0.15, -0.1) is 0 Å². The molecule has 5 unspecified atom stereocenters. The van der Waals surface area contributed by atoms with Crippen LogP contribution in [0.2, 0.25) is 0 Å². The number of guanidine groups is 3. The average molecular weight is 600 g/mol. The molecular weight excluding hydrogens is 550 g/mol. The van der Waals surface area contributed by atoms with Crippen molar-refractivity contribution in [3.63, 3.8) is 0 Å². The van der Waals surface area contributed by atoms with Gasteiger partial charge in [-0.1, -0.05) is 20.3 Å². The molecule has 0 rings (SSSR count). The van der Waals surface area contributed by atoms with Crippen LogP contribution in [0.1, 0.15) is 58.8 Å². The van der Waals surface area contributed by atoms with Crippen LogP contribution in [0, 0.1) is 5.92 Å². The number of carboxylic acid groups (broad SMARTS) is 1. The molecule has 0 spiro atoms. The molecule has 0 aromatic heterocycles.